The van der Waals surface area contributed by atoms with E-state index in [2.05, 4.69) is 25.2 Å². The summed E-state index contributed by atoms with van der Waals surface area (Å²) in [5, 5.41) is 3.26. The molecule has 17 heavy (non-hydrogen) atoms. The summed E-state index contributed by atoms with van der Waals surface area (Å²) in [4.78, 5) is 11.0. The Bertz CT molecular complexity index is 411. The number of hydrogen-bond donors (Lipinski definition) is 1. The van der Waals surface area contributed by atoms with Crippen molar-refractivity contribution < 1.29 is 9.53 Å². The molecule has 0 bridgehead atoms. The molecule has 0 unspecified atom stereocenters. The highest BCUT2D eigenvalue weighted by Crippen LogP contribution is 2.17. The second-order valence-electron chi connectivity index (χ2n) is 3.78. The van der Waals surface area contributed by atoms with E-state index in [-0.39, 0.29) is 5.97 Å². The van der Waals surface area contributed by atoms with E-state index in [1.807, 2.05) is 12.1 Å². The van der Waals surface area contributed by atoms with Crippen LogP contribution in [0.2, 0.25) is 0 Å². The number of nitrogens with one attached hydrogen (secondary N) is 1. The van der Waals surface area contributed by atoms with Crippen molar-refractivity contribution in [3.63, 3.8) is 0 Å². The van der Waals surface area contributed by atoms with Gasteiger partial charge in [0.1, 0.15) is 0 Å². The first-order valence-electron chi connectivity index (χ1n) is 5.78. The number of hydrogen-bond acceptors (Lipinski definition) is 3. The molecule has 0 aliphatic carbocycles. The molecular weight excluding hydrogens is 214 g/mol. The van der Waals surface area contributed by atoms with Crippen LogP contribution in [0.4, 0.5) is 5.69 Å². The highest BCUT2D eigenvalue weighted by Gasteiger charge is 1.98. The molecule has 0 aliphatic rings. The van der Waals surface area contributed by atoms with Crippen LogP contribution in [0.15, 0.2) is 30.4 Å². The number of aryl methyl sites for hydroxylation is 1. The SMILES string of the molecule is CCOC(=O)/C=C/CNc1cccc(C)c1C. The van der Waals surface area contributed by atoms with Gasteiger partial charge in [0.2, 0.25) is 0 Å². The maximum atomic E-state index is 11.0. The van der Waals surface area contributed by atoms with Gasteiger partial charge in [-0.2, -0.15) is 0 Å². The van der Waals surface area contributed by atoms with Gasteiger partial charge < -0.3 is 10.1 Å². The lowest BCUT2D eigenvalue weighted by Crippen LogP contribution is -2.03. The molecular formula is C14H19NO2. The number of rotatable bonds is 5. The Morgan fingerprint density at radius 2 is 2.18 bits per heavy atom. The molecule has 1 N–H and O–H groups in total. The monoisotopic (exact) mass is 233 g/mol. The fourth-order valence-corrected chi connectivity index (χ4v) is 1.46. The van der Waals surface area contributed by atoms with Gasteiger partial charge in [0, 0.05) is 18.3 Å². The minimum absolute atomic E-state index is 0.296. The highest BCUT2D eigenvalue weighted by molar-refractivity contribution is 5.81. The topological polar surface area (TPSA) is 38.3 Å². The first kappa shape index (κ1) is 13.3. The van der Waals surface area contributed by atoms with E-state index < -0.39 is 0 Å². The van der Waals surface area contributed by atoms with Gasteiger partial charge in [-0.1, -0.05) is 18.2 Å². The molecule has 3 nitrogen and oxygen atoms in total. The second kappa shape index (κ2) is 6.74. The van der Waals surface area contributed by atoms with Crippen LogP contribution in [0.1, 0.15) is 18.1 Å². The standard InChI is InChI=1S/C14H19NO2/c1-4-17-14(16)9-6-10-15-13-8-5-7-11(2)12(13)3/h5-9,15H,4,10H2,1-3H3/b9-6+. The molecule has 1 aromatic rings. The summed E-state index contributed by atoms with van der Waals surface area (Å²) in [6, 6.07) is 6.12. The molecule has 1 rings (SSSR count). The molecule has 0 aliphatic heterocycles. The molecule has 0 atom stereocenters. The van der Waals surface area contributed by atoms with Crippen LogP contribution in [-0.4, -0.2) is 19.1 Å². The molecule has 0 saturated heterocycles. The molecule has 0 radical (unpaired) electrons. The Labute approximate surface area is 102 Å². The Balaban J connectivity index is 2.46. The average molecular weight is 233 g/mol. The van der Waals surface area contributed by atoms with Crippen molar-refractivity contribution >= 4 is 11.7 Å². The third-order valence-electron chi connectivity index (χ3n) is 2.56. The van der Waals surface area contributed by atoms with E-state index >= 15 is 0 Å². The van der Waals surface area contributed by atoms with Crippen LogP contribution in [0.3, 0.4) is 0 Å². The van der Waals surface area contributed by atoms with Crippen LogP contribution in [0.5, 0.6) is 0 Å². The normalized spacial score (nSPS) is 10.5. The number of anilines is 1. The zero-order valence-corrected chi connectivity index (χ0v) is 10.6. The van der Waals surface area contributed by atoms with Crippen molar-refractivity contribution in [1.29, 1.82) is 0 Å². The molecule has 0 amide bonds. The van der Waals surface area contributed by atoms with Gasteiger partial charge in [-0.25, -0.2) is 4.79 Å². The molecule has 3 heteroatoms. The largest absolute Gasteiger partial charge is 0.463 e. The van der Waals surface area contributed by atoms with Crippen LogP contribution in [-0.2, 0) is 9.53 Å². The maximum absolute atomic E-state index is 11.0. The van der Waals surface area contributed by atoms with Crippen molar-refractivity contribution in [2.24, 2.45) is 0 Å². The summed E-state index contributed by atoms with van der Waals surface area (Å²) < 4.78 is 4.78. The lowest BCUT2D eigenvalue weighted by Gasteiger charge is -2.09. The average Bonchev–Trinajstić information content (AvgIpc) is 2.30. The maximum Gasteiger partial charge on any atom is 0.330 e. The van der Waals surface area contributed by atoms with Crippen LogP contribution in [0, 0.1) is 13.8 Å². The van der Waals surface area contributed by atoms with E-state index in [1.165, 1.54) is 17.2 Å². The predicted octanol–water partition coefficient (Wildman–Crippen LogP) is 2.83. The van der Waals surface area contributed by atoms with Crippen molar-refractivity contribution in [2.75, 3.05) is 18.5 Å². The lowest BCUT2D eigenvalue weighted by molar-refractivity contribution is -0.137. The van der Waals surface area contributed by atoms with Crippen LogP contribution < -0.4 is 5.32 Å². The summed E-state index contributed by atoms with van der Waals surface area (Å²) in [6.45, 7) is 6.97. The zero-order chi connectivity index (χ0) is 12.7. The minimum atomic E-state index is -0.296. The van der Waals surface area contributed by atoms with E-state index in [0.29, 0.717) is 13.2 Å². The number of carbonyl (C=O) groups is 1. The van der Waals surface area contributed by atoms with E-state index in [9.17, 15) is 4.79 Å². The fraction of sp³-hybridized carbons (Fsp3) is 0.357. The number of carbonyl (C=O) groups excluding carboxylic acids is 1. The van der Waals surface area contributed by atoms with Crippen molar-refractivity contribution in [2.45, 2.75) is 20.8 Å². The van der Waals surface area contributed by atoms with Gasteiger partial charge in [0.05, 0.1) is 6.61 Å². The van der Waals surface area contributed by atoms with E-state index in [1.54, 1.807) is 13.0 Å². The van der Waals surface area contributed by atoms with E-state index in [4.69, 9.17) is 4.74 Å². The van der Waals surface area contributed by atoms with Gasteiger partial charge in [-0.3, -0.25) is 0 Å². The Morgan fingerprint density at radius 1 is 1.41 bits per heavy atom. The van der Waals surface area contributed by atoms with Gasteiger partial charge in [0.15, 0.2) is 0 Å². The summed E-state index contributed by atoms with van der Waals surface area (Å²) in [5.41, 5.74) is 3.58. The first-order valence-corrected chi connectivity index (χ1v) is 5.78. The van der Waals surface area contributed by atoms with Crippen LogP contribution >= 0.6 is 0 Å². The smallest absolute Gasteiger partial charge is 0.330 e. The Morgan fingerprint density at radius 3 is 2.88 bits per heavy atom. The molecule has 0 heterocycles. The summed E-state index contributed by atoms with van der Waals surface area (Å²) in [6.07, 6.45) is 3.21. The van der Waals surface area contributed by atoms with Gasteiger partial charge in [-0.05, 0) is 38.0 Å². The van der Waals surface area contributed by atoms with Crippen molar-refractivity contribution in [1.82, 2.24) is 0 Å². The van der Waals surface area contributed by atoms with Gasteiger partial charge in [-0.15, -0.1) is 0 Å². The number of ether oxygens (including phenoxy) is 1. The summed E-state index contributed by atoms with van der Waals surface area (Å²) in [7, 11) is 0. The Kier molecular flexibility index (Phi) is 5.27. The first-order chi connectivity index (χ1) is 8.15. The second-order valence-corrected chi connectivity index (χ2v) is 3.78. The zero-order valence-electron chi connectivity index (χ0n) is 10.6. The molecule has 0 spiro atoms. The molecule has 0 fully saturated rings. The van der Waals surface area contributed by atoms with Gasteiger partial charge >= 0.3 is 5.97 Å². The quantitative estimate of drug-likeness (QED) is 0.627. The third-order valence-corrected chi connectivity index (χ3v) is 2.56. The van der Waals surface area contributed by atoms with Crippen molar-refractivity contribution in [3.05, 3.63) is 41.5 Å². The molecule has 0 saturated carbocycles. The number of esters is 1. The van der Waals surface area contributed by atoms with E-state index in [0.717, 1.165) is 5.69 Å². The minimum Gasteiger partial charge on any atom is -0.463 e. The molecule has 92 valence electrons. The lowest BCUT2D eigenvalue weighted by atomic mass is 10.1. The van der Waals surface area contributed by atoms with Gasteiger partial charge in [0.25, 0.3) is 0 Å². The number of benzene rings is 1. The van der Waals surface area contributed by atoms with Crippen molar-refractivity contribution in [3.8, 4) is 0 Å². The highest BCUT2D eigenvalue weighted by atomic mass is 16.5. The third kappa shape index (κ3) is 4.31. The summed E-state index contributed by atoms with van der Waals surface area (Å²) in [5.74, 6) is -0.296. The van der Waals surface area contributed by atoms with Crippen LogP contribution in [0.25, 0.3) is 0 Å². The Hall–Kier alpha value is -1.77. The fourth-order valence-electron chi connectivity index (χ4n) is 1.46. The predicted molar refractivity (Wildman–Crippen MR) is 70.2 cm³/mol. The molecule has 1 aromatic carbocycles. The molecule has 0 aromatic heterocycles. The summed E-state index contributed by atoms with van der Waals surface area (Å²) >= 11 is 0.